The standard InChI is InChI=1S/C7H14N2O/c1-3-4-5-7(2,9)6(8)10/h3H,1,4-5,9H2,2H3,(H2,8,10)/t7-/m1/s1. The summed E-state index contributed by atoms with van der Waals surface area (Å²) >= 11 is 0. The first kappa shape index (κ1) is 9.17. The van der Waals surface area contributed by atoms with Gasteiger partial charge in [0.05, 0.1) is 5.54 Å². The number of hydrogen-bond donors (Lipinski definition) is 2. The van der Waals surface area contributed by atoms with Gasteiger partial charge in [0, 0.05) is 0 Å². The minimum atomic E-state index is -0.881. The first-order valence-corrected chi connectivity index (χ1v) is 3.20. The fourth-order valence-electron chi connectivity index (χ4n) is 0.525. The van der Waals surface area contributed by atoms with Gasteiger partial charge in [0.1, 0.15) is 0 Å². The Morgan fingerprint density at radius 1 is 1.80 bits per heavy atom. The summed E-state index contributed by atoms with van der Waals surface area (Å²) in [6, 6.07) is 0. The van der Waals surface area contributed by atoms with Crippen molar-refractivity contribution in [2.24, 2.45) is 11.5 Å². The molecule has 3 nitrogen and oxygen atoms in total. The van der Waals surface area contributed by atoms with E-state index in [0.29, 0.717) is 6.42 Å². The maximum atomic E-state index is 10.6. The second kappa shape index (κ2) is 3.37. The molecule has 3 heteroatoms. The molecule has 0 spiro atoms. The Morgan fingerprint density at radius 2 is 2.30 bits per heavy atom. The largest absolute Gasteiger partial charge is 0.368 e. The highest BCUT2D eigenvalue weighted by Crippen LogP contribution is 2.07. The lowest BCUT2D eigenvalue weighted by atomic mass is 9.97. The van der Waals surface area contributed by atoms with Crippen molar-refractivity contribution in [3.05, 3.63) is 12.7 Å². The average molecular weight is 142 g/mol. The van der Waals surface area contributed by atoms with Crippen LogP contribution in [0.4, 0.5) is 0 Å². The van der Waals surface area contributed by atoms with Gasteiger partial charge in [0.25, 0.3) is 0 Å². The fraction of sp³-hybridized carbons (Fsp3) is 0.571. The van der Waals surface area contributed by atoms with E-state index in [0.717, 1.165) is 6.42 Å². The minimum Gasteiger partial charge on any atom is -0.368 e. The normalized spacial score (nSPS) is 15.8. The Labute approximate surface area is 61.1 Å². The van der Waals surface area contributed by atoms with Crippen LogP contribution in [0, 0.1) is 0 Å². The molecule has 0 saturated carbocycles. The lowest BCUT2D eigenvalue weighted by Gasteiger charge is -2.18. The Bertz CT molecular complexity index is 141. The first-order chi connectivity index (χ1) is 4.50. The van der Waals surface area contributed by atoms with Gasteiger partial charge in [-0.3, -0.25) is 4.79 Å². The molecule has 0 fully saturated rings. The van der Waals surface area contributed by atoms with Crippen LogP contribution in [0.3, 0.4) is 0 Å². The van der Waals surface area contributed by atoms with Gasteiger partial charge in [-0.1, -0.05) is 6.08 Å². The van der Waals surface area contributed by atoms with E-state index in [1.165, 1.54) is 0 Å². The van der Waals surface area contributed by atoms with Crippen molar-refractivity contribution >= 4 is 5.91 Å². The molecule has 0 heterocycles. The van der Waals surface area contributed by atoms with Gasteiger partial charge in [-0.2, -0.15) is 0 Å². The van der Waals surface area contributed by atoms with Crippen molar-refractivity contribution in [1.29, 1.82) is 0 Å². The second-order valence-electron chi connectivity index (χ2n) is 2.61. The summed E-state index contributed by atoms with van der Waals surface area (Å²) in [5.74, 6) is -0.464. The number of carbonyl (C=O) groups is 1. The molecule has 4 N–H and O–H groups in total. The Kier molecular flexibility index (Phi) is 3.09. The molecule has 58 valence electrons. The van der Waals surface area contributed by atoms with Crippen LogP contribution >= 0.6 is 0 Å². The molecule has 1 amide bonds. The van der Waals surface area contributed by atoms with Crippen LogP contribution in [-0.4, -0.2) is 11.4 Å². The SMILES string of the molecule is C=CCC[C@@](C)(N)C(N)=O. The number of carbonyl (C=O) groups excluding carboxylic acids is 1. The lowest BCUT2D eigenvalue weighted by molar-refractivity contribution is -0.122. The maximum absolute atomic E-state index is 10.6. The first-order valence-electron chi connectivity index (χ1n) is 3.20. The predicted molar refractivity (Wildman–Crippen MR) is 41.2 cm³/mol. The monoisotopic (exact) mass is 142 g/mol. The highest BCUT2D eigenvalue weighted by molar-refractivity contribution is 5.83. The second-order valence-corrected chi connectivity index (χ2v) is 2.61. The molecule has 0 saturated heterocycles. The van der Waals surface area contributed by atoms with E-state index in [2.05, 4.69) is 6.58 Å². The van der Waals surface area contributed by atoms with Crippen LogP contribution in [0.2, 0.25) is 0 Å². The predicted octanol–water partition coefficient (Wildman–Crippen LogP) is 0.155. The van der Waals surface area contributed by atoms with E-state index in [1.807, 2.05) is 0 Å². The fourth-order valence-corrected chi connectivity index (χ4v) is 0.525. The van der Waals surface area contributed by atoms with Crippen LogP contribution in [0.1, 0.15) is 19.8 Å². The summed E-state index contributed by atoms with van der Waals surface area (Å²) in [5, 5.41) is 0. The zero-order chi connectivity index (χ0) is 8.20. The number of nitrogens with two attached hydrogens (primary N) is 2. The molecule has 0 aliphatic rings. The number of amides is 1. The smallest absolute Gasteiger partial charge is 0.237 e. The number of hydrogen-bond acceptors (Lipinski definition) is 2. The third kappa shape index (κ3) is 2.64. The van der Waals surface area contributed by atoms with Crippen molar-refractivity contribution in [2.45, 2.75) is 25.3 Å². The van der Waals surface area contributed by atoms with Gasteiger partial charge in [0.15, 0.2) is 0 Å². The van der Waals surface area contributed by atoms with Gasteiger partial charge >= 0.3 is 0 Å². The number of rotatable bonds is 4. The van der Waals surface area contributed by atoms with Crippen LogP contribution < -0.4 is 11.5 Å². The highest BCUT2D eigenvalue weighted by Gasteiger charge is 2.23. The summed E-state index contributed by atoms with van der Waals surface area (Å²) in [6.07, 6.45) is 3.00. The van der Waals surface area contributed by atoms with E-state index in [4.69, 9.17) is 11.5 Å². The molecule has 0 aliphatic carbocycles. The molecular formula is C7H14N2O. The molecule has 0 unspecified atom stereocenters. The topological polar surface area (TPSA) is 69.1 Å². The van der Waals surface area contributed by atoms with E-state index < -0.39 is 11.4 Å². The molecule has 0 aromatic carbocycles. The molecule has 1 atom stereocenters. The van der Waals surface area contributed by atoms with Gasteiger partial charge in [-0.25, -0.2) is 0 Å². The molecule has 0 radical (unpaired) electrons. The number of allylic oxidation sites excluding steroid dienone is 1. The lowest BCUT2D eigenvalue weighted by Crippen LogP contribution is -2.49. The zero-order valence-corrected chi connectivity index (χ0v) is 6.26. The van der Waals surface area contributed by atoms with Crippen LogP contribution in [0.5, 0.6) is 0 Å². The Morgan fingerprint density at radius 3 is 2.60 bits per heavy atom. The summed E-state index contributed by atoms with van der Waals surface area (Å²) in [4.78, 5) is 10.6. The van der Waals surface area contributed by atoms with Crippen molar-refractivity contribution in [2.75, 3.05) is 0 Å². The Balaban J connectivity index is 3.86. The van der Waals surface area contributed by atoms with Gasteiger partial charge < -0.3 is 11.5 Å². The maximum Gasteiger partial charge on any atom is 0.237 e. The van der Waals surface area contributed by atoms with E-state index in [1.54, 1.807) is 13.0 Å². The van der Waals surface area contributed by atoms with Gasteiger partial charge in [0.2, 0.25) is 5.91 Å². The Hall–Kier alpha value is -0.830. The molecule has 0 aromatic rings. The average Bonchev–Trinajstić information content (AvgIpc) is 1.84. The molecular weight excluding hydrogens is 128 g/mol. The third-order valence-corrected chi connectivity index (χ3v) is 1.43. The number of primary amides is 1. The summed E-state index contributed by atoms with van der Waals surface area (Å²) in [5.41, 5.74) is 9.66. The highest BCUT2D eigenvalue weighted by atomic mass is 16.1. The van der Waals surface area contributed by atoms with E-state index >= 15 is 0 Å². The minimum absolute atomic E-state index is 0.464. The van der Waals surface area contributed by atoms with Crippen LogP contribution in [0.15, 0.2) is 12.7 Å². The van der Waals surface area contributed by atoms with Crippen molar-refractivity contribution in [3.63, 3.8) is 0 Å². The van der Waals surface area contributed by atoms with Gasteiger partial charge in [-0.15, -0.1) is 6.58 Å². The zero-order valence-electron chi connectivity index (χ0n) is 6.26. The van der Waals surface area contributed by atoms with Gasteiger partial charge in [-0.05, 0) is 19.8 Å². The third-order valence-electron chi connectivity index (χ3n) is 1.43. The summed E-state index contributed by atoms with van der Waals surface area (Å²) in [7, 11) is 0. The summed E-state index contributed by atoms with van der Waals surface area (Å²) in [6.45, 7) is 5.14. The van der Waals surface area contributed by atoms with E-state index in [9.17, 15) is 4.79 Å². The molecule has 0 bridgehead atoms. The molecule has 0 aromatic heterocycles. The molecule has 10 heavy (non-hydrogen) atoms. The molecule has 0 aliphatic heterocycles. The quantitative estimate of drug-likeness (QED) is 0.549. The van der Waals surface area contributed by atoms with Crippen LogP contribution in [-0.2, 0) is 4.79 Å². The summed E-state index contributed by atoms with van der Waals surface area (Å²) < 4.78 is 0. The van der Waals surface area contributed by atoms with Crippen molar-refractivity contribution < 1.29 is 4.79 Å². The van der Waals surface area contributed by atoms with E-state index in [-0.39, 0.29) is 0 Å². The van der Waals surface area contributed by atoms with Crippen molar-refractivity contribution in [1.82, 2.24) is 0 Å². The van der Waals surface area contributed by atoms with Crippen molar-refractivity contribution in [3.8, 4) is 0 Å². The molecule has 0 rings (SSSR count). The van der Waals surface area contributed by atoms with Crippen LogP contribution in [0.25, 0.3) is 0 Å².